The zero-order valence-corrected chi connectivity index (χ0v) is 18.8. The smallest absolute Gasteiger partial charge is 0.166 e. The SMILES string of the molecule is COc1ccc(C2CC(=O)c3cnc4c(-c5ccc(Cl)cc5)c(C)nn4c3C2)cc1OC. The lowest BCUT2D eigenvalue weighted by molar-refractivity contribution is 0.0962. The molecular weight excluding hydrogens is 426 g/mol. The Kier molecular flexibility index (Phi) is 5.10. The number of benzene rings is 2. The average Bonchev–Trinajstić information content (AvgIpc) is 3.15. The molecule has 2 aromatic heterocycles. The fraction of sp³-hybridized carbons (Fsp3) is 0.240. The van der Waals surface area contributed by atoms with E-state index >= 15 is 0 Å². The minimum atomic E-state index is 0.0175. The van der Waals surface area contributed by atoms with E-state index in [1.165, 1.54) is 0 Å². The Morgan fingerprint density at radius 2 is 1.78 bits per heavy atom. The molecule has 0 spiro atoms. The van der Waals surface area contributed by atoms with E-state index in [1.807, 2.05) is 53.9 Å². The number of Topliss-reactive ketones (excluding diaryl/α,β-unsaturated/α-hetero) is 1. The van der Waals surface area contributed by atoms with Crippen LogP contribution < -0.4 is 9.47 Å². The van der Waals surface area contributed by atoms with Gasteiger partial charge in [0.05, 0.1) is 31.2 Å². The van der Waals surface area contributed by atoms with Gasteiger partial charge in [0.1, 0.15) is 0 Å². The third-order valence-corrected chi connectivity index (χ3v) is 6.35. The van der Waals surface area contributed by atoms with Gasteiger partial charge in [-0.2, -0.15) is 5.10 Å². The molecule has 0 amide bonds. The van der Waals surface area contributed by atoms with E-state index in [0.29, 0.717) is 34.9 Å². The fourth-order valence-electron chi connectivity index (χ4n) is 4.50. The molecule has 1 atom stereocenters. The Bertz CT molecular complexity index is 1350. The number of halogens is 1. The normalized spacial score (nSPS) is 15.6. The van der Waals surface area contributed by atoms with Gasteiger partial charge in [0, 0.05) is 23.2 Å². The van der Waals surface area contributed by atoms with Gasteiger partial charge < -0.3 is 9.47 Å². The summed E-state index contributed by atoms with van der Waals surface area (Å²) in [6.45, 7) is 1.96. The first kappa shape index (κ1) is 20.5. The maximum atomic E-state index is 13.0. The molecule has 0 radical (unpaired) electrons. The largest absolute Gasteiger partial charge is 0.493 e. The van der Waals surface area contributed by atoms with Crippen LogP contribution in [0.1, 0.15) is 39.6 Å². The van der Waals surface area contributed by atoms with Crippen molar-refractivity contribution < 1.29 is 14.3 Å². The molecule has 5 rings (SSSR count). The third-order valence-electron chi connectivity index (χ3n) is 6.10. The van der Waals surface area contributed by atoms with Gasteiger partial charge in [-0.25, -0.2) is 9.50 Å². The number of methoxy groups -OCH3 is 2. The van der Waals surface area contributed by atoms with E-state index in [4.69, 9.17) is 26.2 Å². The number of carbonyl (C=O) groups is 1. The summed E-state index contributed by atoms with van der Waals surface area (Å²) in [7, 11) is 3.23. The Morgan fingerprint density at radius 3 is 2.50 bits per heavy atom. The van der Waals surface area contributed by atoms with Crippen molar-refractivity contribution in [1.82, 2.24) is 14.6 Å². The monoisotopic (exact) mass is 447 g/mol. The molecule has 2 heterocycles. The number of hydrogen-bond acceptors (Lipinski definition) is 5. The number of rotatable bonds is 4. The molecular formula is C25H22ClN3O3. The molecule has 32 heavy (non-hydrogen) atoms. The van der Waals surface area contributed by atoms with E-state index < -0.39 is 0 Å². The van der Waals surface area contributed by atoms with Gasteiger partial charge in [0.15, 0.2) is 22.9 Å². The first-order valence-electron chi connectivity index (χ1n) is 10.4. The summed E-state index contributed by atoms with van der Waals surface area (Å²) >= 11 is 6.07. The topological polar surface area (TPSA) is 65.7 Å². The molecule has 7 heteroatoms. The maximum Gasteiger partial charge on any atom is 0.166 e. The van der Waals surface area contributed by atoms with Gasteiger partial charge >= 0.3 is 0 Å². The Morgan fingerprint density at radius 1 is 1.03 bits per heavy atom. The zero-order chi connectivity index (χ0) is 22.4. The number of aromatic nitrogens is 3. The van der Waals surface area contributed by atoms with Crippen LogP contribution in [0, 0.1) is 6.92 Å². The van der Waals surface area contributed by atoms with E-state index in [-0.39, 0.29) is 11.7 Å². The minimum Gasteiger partial charge on any atom is -0.493 e. The number of nitrogens with zero attached hydrogens (tertiary/aromatic N) is 3. The quantitative estimate of drug-likeness (QED) is 0.425. The van der Waals surface area contributed by atoms with E-state index in [2.05, 4.69) is 4.98 Å². The number of ether oxygens (including phenoxy) is 2. The molecule has 1 unspecified atom stereocenters. The summed E-state index contributed by atoms with van der Waals surface area (Å²) in [5.41, 5.74) is 6.10. The van der Waals surface area contributed by atoms with Crippen molar-refractivity contribution in [3.8, 4) is 22.6 Å². The second-order valence-corrected chi connectivity index (χ2v) is 8.40. The lowest BCUT2D eigenvalue weighted by Crippen LogP contribution is -2.22. The van der Waals surface area contributed by atoms with Crippen molar-refractivity contribution in [1.29, 1.82) is 0 Å². The van der Waals surface area contributed by atoms with Crippen LogP contribution in [0.25, 0.3) is 16.8 Å². The van der Waals surface area contributed by atoms with Gasteiger partial charge in [0.25, 0.3) is 0 Å². The van der Waals surface area contributed by atoms with Crippen LogP contribution in [-0.2, 0) is 6.42 Å². The summed E-state index contributed by atoms with van der Waals surface area (Å²) in [4.78, 5) is 17.7. The van der Waals surface area contributed by atoms with Crippen LogP contribution >= 0.6 is 11.6 Å². The lowest BCUT2D eigenvalue weighted by atomic mass is 9.82. The Balaban J connectivity index is 1.61. The van der Waals surface area contributed by atoms with Crippen LogP contribution in [0.2, 0.25) is 5.02 Å². The number of hydrogen-bond donors (Lipinski definition) is 0. The van der Waals surface area contributed by atoms with Crippen molar-refractivity contribution >= 4 is 23.0 Å². The van der Waals surface area contributed by atoms with Crippen LogP contribution in [0.5, 0.6) is 11.5 Å². The van der Waals surface area contributed by atoms with Crippen molar-refractivity contribution in [2.75, 3.05) is 14.2 Å². The molecule has 162 valence electrons. The number of carbonyl (C=O) groups excluding carboxylic acids is 1. The molecule has 0 N–H and O–H groups in total. The van der Waals surface area contributed by atoms with Crippen molar-refractivity contribution in [3.63, 3.8) is 0 Å². The molecule has 0 fully saturated rings. The number of aryl methyl sites for hydroxylation is 1. The van der Waals surface area contributed by atoms with Crippen LogP contribution in [0.3, 0.4) is 0 Å². The highest BCUT2D eigenvalue weighted by molar-refractivity contribution is 6.30. The van der Waals surface area contributed by atoms with Gasteiger partial charge in [-0.15, -0.1) is 0 Å². The lowest BCUT2D eigenvalue weighted by Gasteiger charge is -2.24. The molecule has 0 aliphatic heterocycles. The average molecular weight is 448 g/mol. The molecule has 0 saturated carbocycles. The molecule has 2 aromatic carbocycles. The van der Waals surface area contributed by atoms with Crippen molar-refractivity contribution in [2.24, 2.45) is 0 Å². The summed E-state index contributed by atoms with van der Waals surface area (Å²) in [5, 5.41) is 5.45. The van der Waals surface area contributed by atoms with E-state index in [0.717, 1.165) is 33.7 Å². The second kappa shape index (κ2) is 7.95. The van der Waals surface area contributed by atoms with Gasteiger partial charge in [-0.05, 0) is 54.7 Å². The second-order valence-electron chi connectivity index (χ2n) is 7.96. The van der Waals surface area contributed by atoms with E-state index in [9.17, 15) is 4.79 Å². The van der Waals surface area contributed by atoms with Crippen LogP contribution in [0.15, 0.2) is 48.7 Å². The Labute approximate surface area is 190 Å². The molecule has 1 aliphatic carbocycles. The highest BCUT2D eigenvalue weighted by Crippen LogP contribution is 2.38. The standard InChI is InChI=1S/C25H22ClN3O3/c1-14-24(15-4-7-18(26)8-5-15)25-27-13-19-20(29(25)28-14)10-17(11-21(19)30)16-6-9-22(31-2)23(12-16)32-3/h4-9,12-13,17H,10-11H2,1-3H3. The summed E-state index contributed by atoms with van der Waals surface area (Å²) in [6.07, 6.45) is 2.79. The van der Waals surface area contributed by atoms with Crippen molar-refractivity contribution in [3.05, 3.63) is 76.2 Å². The highest BCUT2D eigenvalue weighted by atomic mass is 35.5. The highest BCUT2D eigenvalue weighted by Gasteiger charge is 2.30. The van der Waals surface area contributed by atoms with Gasteiger partial charge in [-0.1, -0.05) is 29.8 Å². The number of ketones is 1. The molecule has 0 bridgehead atoms. The predicted octanol–water partition coefficient (Wildman–Crippen LogP) is 5.29. The molecule has 6 nitrogen and oxygen atoms in total. The van der Waals surface area contributed by atoms with E-state index in [1.54, 1.807) is 20.4 Å². The molecule has 1 aliphatic rings. The summed E-state index contributed by atoms with van der Waals surface area (Å²) in [5.74, 6) is 1.41. The summed E-state index contributed by atoms with van der Waals surface area (Å²) in [6, 6.07) is 13.5. The van der Waals surface area contributed by atoms with Gasteiger partial charge in [-0.3, -0.25) is 4.79 Å². The van der Waals surface area contributed by atoms with Crippen molar-refractivity contribution in [2.45, 2.75) is 25.7 Å². The maximum absolute atomic E-state index is 13.0. The Hall–Kier alpha value is -3.38. The van der Waals surface area contributed by atoms with Crippen LogP contribution in [0.4, 0.5) is 0 Å². The van der Waals surface area contributed by atoms with Crippen LogP contribution in [-0.4, -0.2) is 34.6 Å². The summed E-state index contributed by atoms with van der Waals surface area (Å²) < 4.78 is 12.7. The van der Waals surface area contributed by atoms with Gasteiger partial charge in [0.2, 0.25) is 0 Å². The third kappa shape index (κ3) is 3.31. The zero-order valence-electron chi connectivity index (χ0n) is 18.1. The first-order chi connectivity index (χ1) is 15.5. The fourth-order valence-corrected chi connectivity index (χ4v) is 4.63. The number of fused-ring (bicyclic) bond motifs is 3. The first-order valence-corrected chi connectivity index (χ1v) is 10.8. The molecule has 4 aromatic rings. The predicted molar refractivity (Wildman–Crippen MR) is 123 cm³/mol. The molecule has 0 saturated heterocycles. The minimum absolute atomic E-state index is 0.0175.